The maximum Gasteiger partial charge on any atom is 0.340 e. The van der Waals surface area contributed by atoms with Crippen LogP contribution in [0.2, 0.25) is 0 Å². The van der Waals surface area contributed by atoms with Gasteiger partial charge in [-0.1, -0.05) is 48.5 Å². The highest BCUT2D eigenvalue weighted by molar-refractivity contribution is 6.06. The monoisotopic (exact) mass is 354 g/mol. The van der Waals surface area contributed by atoms with Crippen LogP contribution >= 0.6 is 0 Å². The largest absolute Gasteiger partial charge is 0.447 e. The van der Waals surface area contributed by atoms with E-state index in [4.69, 9.17) is 15.0 Å². The highest BCUT2D eigenvalue weighted by atomic mass is 16.5. The van der Waals surface area contributed by atoms with Gasteiger partial charge in [0.2, 0.25) is 0 Å². The van der Waals surface area contributed by atoms with Gasteiger partial charge in [0.1, 0.15) is 6.07 Å². The predicted octanol–water partition coefficient (Wildman–Crippen LogP) is 4.79. The zero-order chi connectivity index (χ0) is 18.6. The lowest BCUT2D eigenvalue weighted by Crippen LogP contribution is -2.15. The van der Waals surface area contributed by atoms with E-state index in [1.54, 1.807) is 0 Å². The maximum absolute atomic E-state index is 12.7. The molecule has 0 saturated carbocycles. The summed E-state index contributed by atoms with van der Waals surface area (Å²) in [6, 6.07) is 19.6. The molecule has 0 saturated heterocycles. The Morgan fingerprint density at radius 1 is 1.11 bits per heavy atom. The van der Waals surface area contributed by atoms with Crippen LogP contribution in [0.3, 0.4) is 0 Å². The number of hydrogen-bond donors (Lipinski definition) is 0. The predicted molar refractivity (Wildman–Crippen MR) is 105 cm³/mol. The number of carbonyl (C=O) groups excluding carboxylic acids is 1. The fourth-order valence-electron chi connectivity index (χ4n) is 3.63. The number of para-hydroxylation sites is 1. The third-order valence-corrected chi connectivity index (χ3v) is 4.78. The molecule has 0 spiro atoms. The molecule has 1 aromatic heterocycles. The normalized spacial score (nSPS) is 14.6. The van der Waals surface area contributed by atoms with Crippen LogP contribution in [0.15, 0.2) is 54.6 Å². The molecular formula is C23H18N2O2. The Morgan fingerprint density at radius 2 is 1.89 bits per heavy atom. The van der Waals surface area contributed by atoms with Crippen molar-refractivity contribution in [2.45, 2.75) is 19.3 Å². The highest BCUT2D eigenvalue weighted by Crippen LogP contribution is 2.36. The molecule has 0 amide bonds. The van der Waals surface area contributed by atoms with Gasteiger partial charge in [0.05, 0.1) is 16.8 Å². The first-order valence-electron chi connectivity index (χ1n) is 8.99. The van der Waals surface area contributed by atoms with Crippen molar-refractivity contribution in [3.8, 4) is 6.07 Å². The number of pyridine rings is 1. The van der Waals surface area contributed by atoms with Crippen LogP contribution in [-0.4, -0.2) is 17.6 Å². The number of ether oxygens (including phenoxy) is 1. The topological polar surface area (TPSA) is 63.0 Å². The van der Waals surface area contributed by atoms with Crippen molar-refractivity contribution in [3.05, 3.63) is 77.0 Å². The average Bonchev–Trinajstić information content (AvgIpc) is 2.71. The third-order valence-electron chi connectivity index (χ3n) is 4.78. The quantitative estimate of drug-likeness (QED) is 0.634. The molecule has 0 aliphatic heterocycles. The second-order valence-corrected chi connectivity index (χ2v) is 6.50. The van der Waals surface area contributed by atoms with Crippen LogP contribution < -0.4 is 0 Å². The van der Waals surface area contributed by atoms with E-state index < -0.39 is 5.97 Å². The van der Waals surface area contributed by atoms with Gasteiger partial charge in [-0.3, -0.25) is 0 Å². The molecule has 1 heterocycles. The summed E-state index contributed by atoms with van der Waals surface area (Å²) in [5.74, 6) is -0.452. The lowest BCUT2D eigenvalue weighted by atomic mass is 9.86. The number of nitriles is 1. The maximum atomic E-state index is 12.7. The first-order valence-corrected chi connectivity index (χ1v) is 8.99. The van der Waals surface area contributed by atoms with Crippen LogP contribution in [0.5, 0.6) is 0 Å². The molecule has 0 unspecified atom stereocenters. The minimum atomic E-state index is -0.452. The number of esters is 1. The summed E-state index contributed by atoms with van der Waals surface area (Å²) < 4.78 is 5.16. The van der Waals surface area contributed by atoms with Crippen molar-refractivity contribution in [2.24, 2.45) is 0 Å². The summed E-state index contributed by atoms with van der Waals surface area (Å²) in [7, 11) is 0. The Morgan fingerprint density at radius 3 is 2.70 bits per heavy atom. The van der Waals surface area contributed by atoms with Gasteiger partial charge >= 0.3 is 5.97 Å². The number of aromatic nitrogens is 1. The van der Waals surface area contributed by atoms with E-state index in [1.165, 1.54) is 0 Å². The van der Waals surface area contributed by atoms with Crippen LogP contribution in [-0.2, 0) is 11.2 Å². The molecule has 2 aromatic carbocycles. The molecule has 27 heavy (non-hydrogen) atoms. The molecule has 3 aromatic rings. The fourth-order valence-corrected chi connectivity index (χ4v) is 3.63. The Hall–Kier alpha value is -3.45. The summed E-state index contributed by atoms with van der Waals surface area (Å²) in [4.78, 5) is 17.6. The average molecular weight is 354 g/mol. The second-order valence-electron chi connectivity index (χ2n) is 6.50. The SMILES string of the molecule is N#CCOC(=O)c1c2c(nc3ccccc13)/C(=C\c1ccccc1)CCC2. The summed E-state index contributed by atoms with van der Waals surface area (Å²) in [5.41, 5.74) is 5.34. The van der Waals surface area contributed by atoms with E-state index in [2.05, 4.69) is 18.2 Å². The van der Waals surface area contributed by atoms with Crippen molar-refractivity contribution >= 4 is 28.5 Å². The Bertz CT molecular complexity index is 1080. The standard InChI is InChI=1S/C23H18N2O2/c24-13-14-27-23(26)21-18-10-4-5-12-20(18)25-22-17(9-6-11-19(21)22)15-16-7-2-1-3-8-16/h1-5,7-8,10,12,15H,6,9,11,14H2/b17-15-. The van der Waals surface area contributed by atoms with E-state index in [0.29, 0.717) is 5.56 Å². The molecule has 1 aliphatic rings. The van der Waals surface area contributed by atoms with Gasteiger partial charge in [-0.05, 0) is 48.1 Å². The Kier molecular flexibility index (Phi) is 4.67. The lowest BCUT2D eigenvalue weighted by Gasteiger charge is -2.22. The summed E-state index contributed by atoms with van der Waals surface area (Å²) >= 11 is 0. The molecule has 1 aliphatic carbocycles. The zero-order valence-electron chi connectivity index (χ0n) is 14.8. The van der Waals surface area contributed by atoms with Gasteiger partial charge in [0.15, 0.2) is 6.61 Å². The molecule has 0 bridgehead atoms. The summed E-state index contributed by atoms with van der Waals surface area (Å²) in [6.45, 7) is -0.253. The van der Waals surface area contributed by atoms with Crippen LogP contribution in [0.25, 0.3) is 22.6 Å². The van der Waals surface area contributed by atoms with Crippen LogP contribution in [0.4, 0.5) is 0 Å². The van der Waals surface area contributed by atoms with E-state index in [1.807, 2.05) is 48.5 Å². The van der Waals surface area contributed by atoms with E-state index in [0.717, 1.165) is 52.6 Å². The molecule has 0 atom stereocenters. The smallest absolute Gasteiger partial charge is 0.340 e. The van der Waals surface area contributed by atoms with Gasteiger partial charge in [0, 0.05) is 5.39 Å². The van der Waals surface area contributed by atoms with Gasteiger partial charge in [-0.2, -0.15) is 5.26 Å². The Balaban J connectivity index is 1.92. The van der Waals surface area contributed by atoms with Gasteiger partial charge in [-0.25, -0.2) is 9.78 Å². The third kappa shape index (κ3) is 3.32. The Labute approximate surface area is 157 Å². The first-order chi connectivity index (χ1) is 13.3. The van der Waals surface area contributed by atoms with Crippen molar-refractivity contribution in [3.63, 3.8) is 0 Å². The van der Waals surface area contributed by atoms with E-state index in [9.17, 15) is 4.79 Å². The number of rotatable bonds is 3. The lowest BCUT2D eigenvalue weighted by molar-refractivity contribution is 0.0556. The molecule has 0 N–H and O–H groups in total. The molecule has 4 nitrogen and oxygen atoms in total. The number of allylic oxidation sites excluding steroid dienone is 1. The van der Waals surface area contributed by atoms with Gasteiger partial charge in [-0.15, -0.1) is 0 Å². The number of hydrogen-bond acceptors (Lipinski definition) is 4. The second kappa shape index (κ2) is 7.43. The molecule has 4 rings (SSSR count). The molecular weight excluding hydrogens is 336 g/mol. The number of nitrogens with zero attached hydrogens (tertiary/aromatic N) is 2. The van der Waals surface area contributed by atoms with Gasteiger partial charge < -0.3 is 4.74 Å². The minimum absolute atomic E-state index is 0.253. The zero-order valence-corrected chi connectivity index (χ0v) is 14.8. The first kappa shape index (κ1) is 17.0. The van der Waals surface area contributed by atoms with E-state index >= 15 is 0 Å². The molecule has 132 valence electrons. The minimum Gasteiger partial charge on any atom is -0.447 e. The van der Waals surface area contributed by atoms with Gasteiger partial charge in [0.25, 0.3) is 0 Å². The summed E-state index contributed by atoms with van der Waals surface area (Å²) in [6.07, 6.45) is 4.78. The number of carbonyl (C=O) groups is 1. The fraction of sp³-hybridized carbons (Fsp3) is 0.174. The summed E-state index contributed by atoms with van der Waals surface area (Å²) in [5, 5.41) is 9.55. The van der Waals surface area contributed by atoms with Crippen molar-refractivity contribution in [1.29, 1.82) is 5.26 Å². The van der Waals surface area contributed by atoms with Crippen molar-refractivity contribution in [1.82, 2.24) is 4.98 Å². The van der Waals surface area contributed by atoms with Crippen molar-refractivity contribution < 1.29 is 9.53 Å². The van der Waals surface area contributed by atoms with Crippen LogP contribution in [0, 0.1) is 11.3 Å². The molecule has 0 fully saturated rings. The van der Waals surface area contributed by atoms with E-state index in [-0.39, 0.29) is 6.61 Å². The molecule has 4 heteroatoms. The highest BCUT2D eigenvalue weighted by Gasteiger charge is 2.25. The van der Waals surface area contributed by atoms with Crippen LogP contribution in [0.1, 0.15) is 40.0 Å². The van der Waals surface area contributed by atoms with Crippen molar-refractivity contribution in [2.75, 3.05) is 6.61 Å². The molecule has 0 radical (unpaired) electrons. The number of benzene rings is 2. The number of fused-ring (bicyclic) bond motifs is 2.